The second kappa shape index (κ2) is 10.0. The first-order valence-corrected chi connectivity index (χ1v) is 8.71. The zero-order valence-corrected chi connectivity index (χ0v) is 14.4. The zero-order valence-electron chi connectivity index (χ0n) is 14.4. The van der Waals surface area contributed by atoms with Crippen molar-refractivity contribution >= 4 is 5.97 Å². The van der Waals surface area contributed by atoms with Gasteiger partial charge in [0.25, 0.3) is 0 Å². The summed E-state index contributed by atoms with van der Waals surface area (Å²) in [6.07, 6.45) is 13.1. The lowest BCUT2D eigenvalue weighted by Crippen LogP contribution is -2.38. The molecule has 0 aliphatic carbocycles. The van der Waals surface area contributed by atoms with Gasteiger partial charge in [0.1, 0.15) is 0 Å². The van der Waals surface area contributed by atoms with Crippen LogP contribution in [0.5, 0.6) is 0 Å². The number of ether oxygens (including phenoxy) is 2. The summed E-state index contributed by atoms with van der Waals surface area (Å²) in [5.74, 6) is -1.70. The van der Waals surface area contributed by atoms with Gasteiger partial charge >= 0.3 is 5.97 Å². The smallest absolute Gasteiger partial charge is 0.339 e. The van der Waals surface area contributed by atoms with Crippen molar-refractivity contribution in [2.45, 2.75) is 89.9 Å². The van der Waals surface area contributed by atoms with Gasteiger partial charge in [0.05, 0.1) is 5.57 Å². The van der Waals surface area contributed by atoms with E-state index in [-0.39, 0.29) is 0 Å². The monoisotopic (exact) mass is 312 g/mol. The summed E-state index contributed by atoms with van der Waals surface area (Å²) in [7, 11) is 1.43. The molecule has 0 saturated carbocycles. The molecule has 1 rings (SSSR count). The third kappa shape index (κ3) is 5.73. The summed E-state index contributed by atoms with van der Waals surface area (Å²) in [5, 5.41) is 10.1. The highest BCUT2D eigenvalue weighted by Crippen LogP contribution is 2.32. The number of cyclic esters (lactones) is 1. The van der Waals surface area contributed by atoms with Crippen molar-refractivity contribution in [1.29, 1.82) is 0 Å². The Bertz CT molecular complexity index is 364. The van der Waals surface area contributed by atoms with E-state index in [4.69, 9.17) is 9.47 Å². The molecule has 0 spiro atoms. The molecule has 4 heteroatoms. The van der Waals surface area contributed by atoms with E-state index in [9.17, 15) is 9.90 Å². The van der Waals surface area contributed by atoms with Gasteiger partial charge < -0.3 is 14.6 Å². The highest BCUT2D eigenvalue weighted by Gasteiger charge is 2.48. The van der Waals surface area contributed by atoms with E-state index in [1.807, 2.05) is 0 Å². The standard InChI is InChI=1S/C18H32O4/c1-4-5-6-7-8-9-10-11-12-13-14-15-16(19)18(2,21-3)22-17(15)20/h14,16,19H,4-13H2,1-3H3/b15-14+/t16-,18+/m1/s1. The molecular weight excluding hydrogens is 280 g/mol. The maximum absolute atomic E-state index is 11.7. The van der Waals surface area contributed by atoms with E-state index in [2.05, 4.69) is 6.92 Å². The number of hydrogen-bond acceptors (Lipinski definition) is 4. The Balaban J connectivity index is 2.14. The van der Waals surface area contributed by atoms with Crippen LogP contribution in [-0.2, 0) is 14.3 Å². The van der Waals surface area contributed by atoms with Gasteiger partial charge in [-0.25, -0.2) is 4.79 Å². The van der Waals surface area contributed by atoms with Gasteiger partial charge in [-0.3, -0.25) is 0 Å². The number of aliphatic hydroxyl groups excluding tert-OH is 1. The van der Waals surface area contributed by atoms with Crippen molar-refractivity contribution in [2.75, 3.05) is 7.11 Å². The Morgan fingerprint density at radius 1 is 1.14 bits per heavy atom. The SMILES string of the molecule is CCCCCCCCCCC/C=C1/C(=O)O[C@](C)(OC)[C@@H]1O. The van der Waals surface area contributed by atoms with Crippen molar-refractivity contribution in [2.24, 2.45) is 0 Å². The first-order valence-electron chi connectivity index (χ1n) is 8.71. The normalized spacial score (nSPS) is 26.6. The van der Waals surface area contributed by atoms with Gasteiger partial charge in [-0.05, 0) is 12.8 Å². The molecule has 1 aliphatic rings. The average Bonchev–Trinajstić information content (AvgIpc) is 2.72. The van der Waals surface area contributed by atoms with Crippen molar-refractivity contribution in [3.05, 3.63) is 11.6 Å². The largest absolute Gasteiger partial charge is 0.427 e. The maximum atomic E-state index is 11.7. The lowest BCUT2D eigenvalue weighted by atomic mass is 10.0. The fourth-order valence-electron chi connectivity index (χ4n) is 2.75. The number of aliphatic hydroxyl groups is 1. The molecular formula is C18H32O4. The van der Waals surface area contributed by atoms with Crippen LogP contribution in [0.4, 0.5) is 0 Å². The fourth-order valence-corrected chi connectivity index (χ4v) is 2.75. The molecule has 0 unspecified atom stereocenters. The van der Waals surface area contributed by atoms with Crippen LogP contribution in [0.1, 0.15) is 78.1 Å². The van der Waals surface area contributed by atoms with Crippen molar-refractivity contribution < 1.29 is 19.4 Å². The lowest BCUT2D eigenvalue weighted by Gasteiger charge is -2.23. The lowest BCUT2D eigenvalue weighted by molar-refractivity contribution is -0.218. The minimum atomic E-state index is -1.23. The van der Waals surface area contributed by atoms with Crippen LogP contribution < -0.4 is 0 Å². The quantitative estimate of drug-likeness (QED) is 0.354. The third-order valence-electron chi connectivity index (χ3n) is 4.40. The van der Waals surface area contributed by atoms with E-state index in [0.717, 1.165) is 12.8 Å². The van der Waals surface area contributed by atoms with Gasteiger partial charge in [0.15, 0.2) is 6.10 Å². The highest BCUT2D eigenvalue weighted by molar-refractivity contribution is 5.92. The molecule has 0 bridgehead atoms. The first kappa shape index (κ1) is 19.2. The van der Waals surface area contributed by atoms with Crippen molar-refractivity contribution in [1.82, 2.24) is 0 Å². The molecule has 0 amide bonds. The van der Waals surface area contributed by atoms with E-state index in [0.29, 0.717) is 5.57 Å². The molecule has 0 aromatic rings. The van der Waals surface area contributed by atoms with Gasteiger partial charge in [0.2, 0.25) is 5.79 Å². The number of esters is 1. The second-order valence-electron chi connectivity index (χ2n) is 6.29. The number of carbonyl (C=O) groups excluding carboxylic acids is 1. The number of unbranched alkanes of at least 4 members (excludes halogenated alkanes) is 9. The second-order valence-corrected chi connectivity index (χ2v) is 6.29. The van der Waals surface area contributed by atoms with Gasteiger partial charge in [0, 0.05) is 14.0 Å². The maximum Gasteiger partial charge on any atom is 0.339 e. The third-order valence-corrected chi connectivity index (χ3v) is 4.40. The molecule has 0 aromatic heterocycles. The van der Waals surface area contributed by atoms with Gasteiger partial charge in [-0.1, -0.05) is 64.4 Å². The van der Waals surface area contributed by atoms with Crippen LogP contribution in [0.3, 0.4) is 0 Å². The highest BCUT2D eigenvalue weighted by atomic mass is 16.7. The summed E-state index contributed by atoms with van der Waals surface area (Å²) >= 11 is 0. The summed E-state index contributed by atoms with van der Waals surface area (Å²) in [6.45, 7) is 3.82. The molecule has 128 valence electrons. The number of rotatable bonds is 11. The summed E-state index contributed by atoms with van der Waals surface area (Å²) in [6, 6.07) is 0. The summed E-state index contributed by atoms with van der Waals surface area (Å²) in [5.41, 5.74) is 0.337. The minimum absolute atomic E-state index is 0.337. The molecule has 22 heavy (non-hydrogen) atoms. The van der Waals surface area contributed by atoms with Crippen LogP contribution in [0, 0.1) is 0 Å². The number of allylic oxidation sites excluding steroid dienone is 1. The molecule has 1 N–H and O–H groups in total. The van der Waals surface area contributed by atoms with Crippen LogP contribution >= 0.6 is 0 Å². The Labute approximate surface area is 134 Å². The number of methoxy groups -OCH3 is 1. The van der Waals surface area contributed by atoms with Gasteiger partial charge in [-0.2, -0.15) is 0 Å². The molecule has 1 heterocycles. The molecule has 1 saturated heterocycles. The summed E-state index contributed by atoms with van der Waals surface area (Å²) in [4.78, 5) is 11.7. The molecule has 0 radical (unpaired) electrons. The van der Waals surface area contributed by atoms with Crippen LogP contribution in [0.15, 0.2) is 11.6 Å². The Morgan fingerprint density at radius 3 is 2.18 bits per heavy atom. The van der Waals surface area contributed by atoms with Crippen LogP contribution in [0.2, 0.25) is 0 Å². The Hall–Kier alpha value is -0.870. The van der Waals surface area contributed by atoms with E-state index >= 15 is 0 Å². The zero-order chi connectivity index (χ0) is 16.4. The number of hydrogen-bond donors (Lipinski definition) is 1. The van der Waals surface area contributed by atoms with E-state index in [1.165, 1.54) is 58.5 Å². The van der Waals surface area contributed by atoms with Crippen LogP contribution in [-0.4, -0.2) is 30.1 Å². The average molecular weight is 312 g/mol. The minimum Gasteiger partial charge on any atom is -0.427 e. The number of carbonyl (C=O) groups is 1. The molecule has 4 nitrogen and oxygen atoms in total. The predicted octanol–water partition coefficient (Wildman–Crippen LogP) is 4.11. The predicted molar refractivity (Wildman–Crippen MR) is 87.4 cm³/mol. The topological polar surface area (TPSA) is 55.8 Å². The van der Waals surface area contributed by atoms with Crippen molar-refractivity contribution in [3.8, 4) is 0 Å². The fraction of sp³-hybridized carbons (Fsp3) is 0.833. The first-order chi connectivity index (χ1) is 10.5. The van der Waals surface area contributed by atoms with Crippen molar-refractivity contribution in [3.63, 3.8) is 0 Å². The summed E-state index contributed by atoms with van der Waals surface area (Å²) < 4.78 is 10.2. The Morgan fingerprint density at radius 2 is 1.68 bits per heavy atom. The van der Waals surface area contributed by atoms with Crippen LogP contribution in [0.25, 0.3) is 0 Å². The van der Waals surface area contributed by atoms with E-state index < -0.39 is 17.9 Å². The van der Waals surface area contributed by atoms with Gasteiger partial charge in [-0.15, -0.1) is 0 Å². The van der Waals surface area contributed by atoms with E-state index in [1.54, 1.807) is 13.0 Å². The molecule has 1 aliphatic heterocycles. The Kier molecular flexibility index (Phi) is 8.72. The molecule has 2 atom stereocenters. The molecule has 1 fully saturated rings. The molecule has 0 aromatic carbocycles.